The van der Waals surface area contributed by atoms with Crippen molar-refractivity contribution in [3.63, 3.8) is 0 Å². The van der Waals surface area contributed by atoms with Gasteiger partial charge in [-0.25, -0.2) is 0 Å². The van der Waals surface area contributed by atoms with Crippen molar-refractivity contribution in [2.75, 3.05) is 26.7 Å². The maximum Gasteiger partial charge on any atom is 0.224 e. The quantitative estimate of drug-likeness (QED) is 0.480. The molecule has 0 radical (unpaired) electrons. The maximum atomic E-state index is 13.0. The lowest BCUT2D eigenvalue weighted by atomic mass is 9.55. The van der Waals surface area contributed by atoms with Crippen molar-refractivity contribution in [2.24, 2.45) is 5.92 Å². The molecule has 1 amide bonds. The minimum absolute atomic E-state index is 0.0480. The molecule has 2 aromatic rings. The van der Waals surface area contributed by atoms with E-state index in [-0.39, 0.29) is 24.1 Å². The fraction of sp³-hybridized carbons (Fsp3) is 0.536. The first-order valence-corrected chi connectivity index (χ1v) is 13.4. The summed E-state index contributed by atoms with van der Waals surface area (Å²) in [5, 5.41) is 26.7. The van der Waals surface area contributed by atoms with Gasteiger partial charge >= 0.3 is 0 Å². The molecule has 1 heterocycles. The molecule has 3 N–H and O–H groups in total. The van der Waals surface area contributed by atoms with Crippen molar-refractivity contribution in [1.82, 2.24) is 5.32 Å². The molecule has 1 aliphatic heterocycles. The van der Waals surface area contributed by atoms with Crippen molar-refractivity contribution < 1.29 is 19.5 Å². The van der Waals surface area contributed by atoms with E-state index in [9.17, 15) is 15.0 Å². The Kier molecular flexibility index (Phi) is 6.58. The van der Waals surface area contributed by atoms with Crippen LogP contribution in [0.4, 0.5) is 0 Å². The van der Waals surface area contributed by atoms with Crippen molar-refractivity contribution in [2.45, 2.75) is 62.0 Å². The van der Waals surface area contributed by atoms with E-state index >= 15 is 0 Å². The third kappa shape index (κ3) is 5.06. The first-order chi connectivity index (χ1) is 16.6. The first-order valence-electron chi connectivity index (χ1n) is 12.7. The van der Waals surface area contributed by atoms with Crippen LogP contribution in [0.25, 0.3) is 0 Å². The van der Waals surface area contributed by atoms with Gasteiger partial charge in [0.15, 0.2) is 0 Å². The summed E-state index contributed by atoms with van der Waals surface area (Å²) in [7, 11) is 2.29. The molecular weight excluding hydrogens is 483 g/mol. The Morgan fingerprint density at radius 2 is 1.91 bits per heavy atom. The highest BCUT2D eigenvalue weighted by molar-refractivity contribution is 6.42. The molecule has 0 aromatic heterocycles. The van der Waals surface area contributed by atoms with E-state index in [0.29, 0.717) is 29.4 Å². The summed E-state index contributed by atoms with van der Waals surface area (Å²) >= 11 is 12.1. The molecule has 5 nitrogen and oxygen atoms in total. The number of nitrogens with one attached hydrogen (secondary N) is 1. The lowest BCUT2D eigenvalue weighted by Gasteiger charge is -2.59. The first kappa shape index (κ1) is 24.9. The van der Waals surface area contributed by atoms with E-state index in [4.69, 9.17) is 23.2 Å². The Morgan fingerprint density at radius 3 is 2.63 bits per heavy atom. The van der Waals surface area contributed by atoms with E-state index < -0.39 is 11.0 Å². The molecule has 0 bridgehead atoms. The van der Waals surface area contributed by atoms with Crippen LogP contribution in [0.5, 0.6) is 5.75 Å². The summed E-state index contributed by atoms with van der Waals surface area (Å²) in [6.45, 7) is 2.82. The Hall–Kier alpha value is -1.79. The number of likely N-dealkylation sites (tertiary alicyclic amines) is 1. The smallest absolute Gasteiger partial charge is 0.224 e. The van der Waals surface area contributed by atoms with Crippen LogP contribution in [0, 0.1) is 5.92 Å². The van der Waals surface area contributed by atoms with Crippen molar-refractivity contribution in [3.8, 4) is 5.75 Å². The molecule has 1 unspecified atom stereocenters. The van der Waals surface area contributed by atoms with Gasteiger partial charge in [-0.15, -0.1) is 0 Å². The molecule has 3 aliphatic rings. The van der Waals surface area contributed by atoms with E-state index in [1.165, 1.54) is 12.8 Å². The molecule has 7 heteroatoms. The predicted octanol–water partition coefficient (Wildman–Crippen LogP) is 4.84. The molecular formula is C28H35Cl2N2O3+. The van der Waals surface area contributed by atoms with Crippen LogP contribution in [-0.2, 0) is 16.6 Å². The van der Waals surface area contributed by atoms with Crippen molar-refractivity contribution in [1.29, 1.82) is 0 Å². The Morgan fingerprint density at radius 1 is 1.11 bits per heavy atom. The lowest BCUT2D eigenvalue weighted by Crippen LogP contribution is -2.71. The number of amides is 1. The average Bonchev–Trinajstić information content (AvgIpc) is 3.60. The van der Waals surface area contributed by atoms with Gasteiger partial charge in [0, 0.05) is 23.8 Å². The topological polar surface area (TPSA) is 69.6 Å². The van der Waals surface area contributed by atoms with E-state index in [0.717, 1.165) is 47.5 Å². The number of hydrogen-bond acceptors (Lipinski definition) is 3. The van der Waals surface area contributed by atoms with Gasteiger partial charge in [0.05, 0.1) is 36.6 Å². The van der Waals surface area contributed by atoms with Gasteiger partial charge < -0.3 is 20.0 Å². The molecule has 1 saturated heterocycles. The third-order valence-corrected chi connectivity index (χ3v) is 9.36. The van der Waals surface area contributed by atoms with Crippen molar-refractivity contribution >= 4 is 29.1 Å². The van der Waals surface area contributed by atoms with Gasteiger partial charge in [-0.3, -0.25) is 4.79 Å². The number of carbonyl (C=O) groups is 1. The highest BCUT2D eigenvalue weighted by Gasteiger charge is 2.61. The van der Waals surface area contributed by atoms with Gasteiger partial charge in [0.2, 0.25) is 5.91 Å². The predicted molar refractivity (Wildman–Crippen MR) is 139 cm³/mol. The number of nitrogens with zero attached hydrogens (tertiary/aromatic N) is 1. The van der Waals surface area contributed by atoms with Crippen LogP contribution in [0.15, 0.2) is 42.5 Å². The number of aromatic hydroxyl groups is 1. The number of piperidine rings is 1. The second kappa shape index (κ2) is 9.26. The Labute approximate surface area is 217 Å². The fourth-order valence-electron chi connectivity index (χ4n) is 6.75. The lowest BCUT2D eigenvalue weighted by molar-refractivity contribution is -0.925. The zero-order chi connectivity index (χ0) is 24.8. The number of aliphatic hydroxyl groups is 1. The number of fused-ring (bicyclic) bond motifs is 1. The fourth-order valence-corrected chi connectivity index (χ4v) is 7.07. The third-order valence-electron chi connectivity index (χ3n) is 8.62. The summed E-state index contributed by atoms with van der Waals surface area (Å²) in [4.78, 5) is 13.0. The zero-order valence-corrected chi connectivity index (χ0v) is 21.8. The molecule has 188 valence electrons. The molecule has 2 aromatic carbocycles. The molecule has 35 heavy (non-hydrogen) atoms. The van der Waals surface area contributed by atoms with Crippen LogP contribution in [0.2, 0.25) is 10.0 Å². The number of hydrogen-bond donors (Lipinski definition) is 3. The Bertz CT molecular complexity index is 1120. The van der Waals surface area contributed by atoms with Gasteiger partial charge in [-0.1, -0.05) is 41.4 Å². The minimum atomic E-state index is -0.881. The standard InChI is InChI=1S/C28H34Cl2N2O3/c1-32(17-19-5-6-19)12-11-27(21-3-2-4-23(33)15-21)16-22(9-10-28(27,35)18-32)31-26(34)14-20-7-8-24(29)25(30)13-20/h2-4,7-8,13,15,19,22,35H,5-6,9-12,14,16-18H2,1H3,(H-,31,33,34)/p+1/t22-,27-,28?,32+/m0/s1. The van der Waals surface area contributed by atoms with Crippen LogP contribution >= 0.6 is 23.2 Å². The molecule has 2 saturated carbocycles. The van der Waals surface area contributed by atoms with E-state index in [1.54, 1.807) is 24.3 Å². The Balaban J connectivity index is 1.37. The molecule has 4 atom stereocenters. The number of benzene rings is 2. The molecule has 5 rings (SSSR count). The van der Waals surface area contributed by atoms with Gasteiger partial charge in [-0.2, -0.15) is 0 Å². The minimum Gasteiger partial charge on any atom is -0.508 e. The summed E-state index contributed by atoms with van der Waals surface area (Å²) in [5.74, 6) is 0.940. The summed E-state index contributed by atoms with van der Waals surface area (Å²) in [6, 6.07) is 12.6. The SMILES string of the molecule is C[N@+]1(CC2CC2)CC[C@@]2(c3cccc(O)c3)C[C@@H](NC(=O)Cc3ccc(Cl)c(Cl)c3)CCC2(O)C1. The number of phenolic OH excluding ortho intramolecular Hbond substituents is 1. The number of carbonyl (C=O) groups excluding carboxylic acids is 1. The monoisotopic (exact) mass is 517 g/mol. The van der Waals surface area contributed by atoms with Crippen LogP contribution in [0.3, 0.4) is 0 Å². The van der Waals surface area contributed by atoms with Crippen LogP contribution < -0.4 is 5.32 Å². The molecule has 3 fully saturated rings. The normalized spacial score (nSPS) is 32.6. The van der Waals surface area contributed by atoms with Crippen molar-refractivity contribution in [3.05, 3.63) is 63.6 Å². The second-order valence-corrected chi connectivity index (χ2v) is 12.3. The number of halogens is 2. The van der Waals surface area contributed by atoms with E-state index in [2.05, 4.69) is 12.4 Å². The van der Waals surface area contributed by atoms with E-state index in [1.807, 2.05) is 18.2 Å². The average molecular weight is 519 g/mol. The second-order valence-electron chi connectivity index (χ2n) is 11.5. The van der Waals surface area contributed by atoms with Gasteiger partial charge in [0.25, 0.3) is 0 Å². The number of rotatable bonds is 6. The number of likely N-dealkylation sites (N-methyl/N-ethyl adjacent to an activating group) is 1. The van der Waals surface area contributed by atoms with Crippen LogP contribution in [-0.4, -0.2) is 58.9 Å². The largest absolute Gasteiger partial charge is 0.508 e. The molecule has 2 aliphatic carbocycles. The number of phenols is 1. The highest BCUT2D eigenvalue weighted by Crippen LogP contribution is 2.53. The summed E-state index contributed by atoms with van der Waals surface area (Å²) < 4.78 is 0.899. The molecule has 0 spiro atoms. The maximum absolute atomic E-state index is 13.0. The van der Waals surface area contributed by atoms with Gasteiger partial charge in [-0.05, 0) is 67.5 Å². The summed E-state index contributed by atoms with van der Waals surface area (Å²) in [5.41, 5.74) is 0.402. The zero-order valence-electron chi connectivity index (χ0n) is 20.3. The highest BCUT2D eigenvalue weighted by atomic mass is 35.5. The van der Waals surface area contributed by atoms with Gasteiger partial charge in [0.1, 0.15) is 17.9 Å². The summed E-state index contributed by atoms with van der Waals surface area (Å²) in [6.07, 6.45) is 5.67. The van der Waals surface area contributed by atoms with Crippen LogP contribution in [0.1, 0.15) is 49.7 Å². The number of quaternary nitrogens is 1.